The van der Waals surface area contributed by atoms with Gasteiger partial charge in [0.15, 0.2) is 5.78 Å². The number of aliphatic hydroxyl groups excluding tert-OH is 1. The number of hydrogen-bond acceptors (Lipinski definition) is 2. The van der Waals surface area contributed by atoms with E-state index in [-0.39, 0.29) is 47.9 Å². The van der Waals surface area contributed by atoms with Gasteiger partial charge in [-0.3, -0.25) is 4.79 Å². The molecule has 4 aromatic rings. The van der Waals surface area contributed by atoms with E-state index >= 15 is 0 Å². The predicted molar refractivity (Wildman–Crippen MR) is 106 cm³/mol. The number of para-hydroxylation sites is 1. The molecule has 0 spiro atoms. The molecule has 3 aromatic carbocycles. The number of carbonyl (C=O) groups is 1. The molecule has 0 fully saturated rings. The second-order valence-electron chi connectivity index (χ2n) is 6.15. The minimum Gasteiger partial charge on any atom is -0.396 e. The van der Waals surface area contributed by atoms with Crippen molar-refractivity contribution in [2.24, 2.45) is 0 Å². The van der Waals surface area contributed by atoms with Gasteiger partial charge in [0.2, 0.25) is 0 Å². The highest BCUT2D eigenvalue weighted by molar-refractivity contribution is 6.21. The van der Waals surface area contributed by atoms with Gasteiger partial charge in [-0.25, -0.2) is 0 Å². The summed E-state index contributed by atoms with van der Waals surface area (Å²) in [6, 6.07) is 11.3. The van der Waals surface area contributed by atoms with Crippen LogP contribution in [0.2, 0.25) is 0 Å². The van der Waals surface area contributed by atoms with E-state index < -0.39 is 17.9 Å². The Bertz CT molecular complexity index is 1320. The normalized spacial score (nSPS) is 14.0. The van der Waals surface area contributed by atoms with E-state index in [2.05, 4.69) is 0 Å². The Morgan fingerprint density at radius 2 is 1.77 bits per heavy atom. The summed E-state index contributed by atoms with van der Waals surface area (Å²) >= 11 is 0. The minimum atomic E-state index is -0.447. The average molecular weight is 348 g/mol. The summed E-state index contributed by atoms with van der Waals surface area (Å²) in [5, 5.41) is 10.8. The number of nitrogens with zero attached hydrogens (tertiary/aromatic N) is 1. The third-order valence-corrected chi connectivity index (χ3v) is 4.49. The molecule has 1 N–H and O–H groups in total. The molecule has 3 heteroatoms. The van der Waals surface area contributed by atoms with E-state index in [9.17, 15) is 4.79 Å². The zero-order valence-corrected chi connectivity index (χ0v) is 14.2. The molecular weight excluding hydrogens is 322 g/mol. The van der Waals surface area contributed by atoms with Crippen molar-refractivity contribution in [1.29, 1.82) is 0 Å². The van der Waals surface area contributed by atoms with E-state index in [0.717, 1.165) is 10.8 Å². The first-order valence-electron chi connectivity index (χ1n) is 11.1. The lowest BCUT2D eigenvalue weighted by atomic mass is 9.97. The summed E-state index contributed by atoms with van der Waals surface area (Å²) in [6.07, 6.45) is 0.853. The summed E-state index contributed by atoms with van der Waals surface area (Å²) in [7, 11) is 0. The lowest BCUT2D eigenvalue weighted by molar-refractivity contribution is 0.104. The molecule has 0 radical (unpaired) electrons. The molecule has 0 bridgehead atoms. The van der Waals surface area contributed by atoms with Gasteiger partial charge in [-0.05, 0) is 29.7 Å². The lowest BCUT2D eigenvalue weighted by Crippen LogP contribution is -2.02. The Balaban J connectivity index is 2.03. The number of aliphatic hydroxyl groups is 1. The number of carbonyl (C=O) groups excluding carboxylic acids is 1. The number of aromatic nitrogens is 1. The van der Waals surface area contributed by atoms with Gasteiger partial charge >= 0.3 is 0 Å². The van der Waals surface area contributed by atoms with E-state index in [0.29, 0.717) is 18.4 Å². The van der Waals surface area contributed by atoms with Gasteiger partial charge < -0.3 is 9.67 Å². The largest absolute Gasteiger partial charge is 0.396 e. The predicted octanol–water partition coefficient (Wildman–Crippen LogP) is 4.80. The highest BCUT2D eigenvalue weighted by Crippen LogP contribution is 2.27. The van der Waals surface area contributed by atoms with Crippen molar-refractivity contribution in [3.05, 3.63) is 83.9 Å². The molecule has 0 amide bonds. The van der Waals surface area contributed by atoms with Gasteiger partial charge in [-0.1, -0.05) is 60.6 Å². The van der Waals surface area contributed by atoms with Crippen LogP contribution in [0.5, 0.6) is 0 Å². The zero-order chi connectivity index (χ0) is 22.3. The quantitative estimate of drug-likeness (QED) is 0.402. The summed E-state index contributed by atoms with van der Waals surface area (Å²) < 4.78 is 43.1. The molecule has 4 rings (SSSR count). The van der Waals surface area contributed by atoms with Crippen LogP contribution in [-0.4, -0.2) is 22.1 Å². The van der Waals surface area contributed by atoms with Crippen LogP contribution in [0.4, 0.5) is 0 Å². The first-order chi connectivity index (χ1) is 14.9. The van der Waals surface area contributed by atoms with Crippen LogP contribution < -0.4 is 0 Å². The Morgan fingerprint density at radius 3 is 2.65 bits per heavy atom. The lowest BCUT2D eigenvalue weighted by Gasteiger charge is -2.05. The van der Waals surface area contributed by atoms with Gasteiger partial charge in [-0.15, -0.1) is 0 Å². The number of fused-ring (bicyclic) bond motifs is 2. The third-order valence-electron chi connectivity index (χ3n) is 4.49. The molecule has 0 atom stereocenters. The fourth-order valence-electron chi connectivity index (χ4n) is 3.21. The van der Waals surface area contributed by atoms with Gasteiger partial charge in [0, 0.05) is 41.4 Å². The third kappa shape index (κ3) is 2.91. The van der Waals surface area contributed by atoms with Crippen LogP contribution in [0.15, 0.2) is 72.8 Å². The molecule has 1 heterocycles. The molecule has 3 nitrogen and oxygen atoms in total. The highest BCUT2D eigenvalue weighted by Gasteiger charge is 2.18. The van der Waals surface area contributed by atoms with Crippen molar-refractivity contribution < 1.29 is 16.8 Å². The van der Waals surface area contributed by atoms with Crippen molar-refractivity contribution >= 4 is 27.5 Å². The molecule has 26 heavy (non-hydrogen) atoms. The fraction of sp³-hybridized carbons (Fsp3) is 0.174. The molecule has 0 aliphatic heterocycles. The second kappa shape index (κ2) is 7.14. The van der Waals surface area contributed by atoms with E-state index in [4.69, 9.17) is 12.0 Å². The number of ketones is 1. The summed E-state index contributed by atoms with van der Waals surface area (Å²) in [5.41, 5.74) is 0.508. The number of hydrogen-bond donors (Lipinski definition) is 1. The minimum absolute atomic E-state index is 0.0215. The molecule has 0 aliphatic carbocycles. The van der Waals surface area contributed by atoms with Crippen molar-refractivity contribution in [2.45, 2.75) is 19.4 Å². The summed E-state index contributed by atoms with van der Waals surface area (Å²) in [4.78, 5) is 13.7. The van der Waals surface area contributed by atoms with Gasteiger partial charge in [0.1, 0.15) is 0 Å². The highest BCUT2D eigenvalue weighted by atomic mass is 16.2. The van der Waals surface area contributed by atoms with Crippen LogP contribution in [0, 0.1) is 0 Å². The van der Waals surface area contributed by atoms with Crippen molar-refractivity contribution in [3.63, 3.8) is 0 Å². The number of unbranched alkanes of at least 4 members (excludes halogenated alkanes) is 1. The van der Waals surface area contributed by atoms with Gasteiger partial charge in [-0.2, -0.15) is 0 Å². The molecule has 0 aliphatic rings. The Kier molecular flexibility index (Phi) is 3.20. The topological polar surface area (TPSA) is 42.2 Å². The van der Waals surface area contributed by atoms with Gasteiger partial charge in [0.25, 0.3) is 0 Å². The van der Waals surface area contributed by atoms with Crippen molar-refractivity contribution in [3.8, 4) is 0 Å². The molecular formula is C23H21NO2. The number of aryl methyl sites for hydroxylation is 1. The zero-order valence-electron chi connectivity index (χ0n) is 19.2. The molecule has 130 valence electrons. The average Bonchev–Trinajstić information content (AvgIpc) is 3.08. The van der Waals surface area contributed by atoms with Crippen LogP contribution in [0.25, 0.3) is 21.7 Å². The monoisotopic (exact) mass is 348 g/mol. The maximum absolute atomic E-state index is 13.7. The van der Waals surface area contributed by atoms with Crippen molar-refractivity contribution in [1.82, 2.24) is 4.57 Å². The van der Waals surface area contributed by atoms with E-state index in [1.54, 1.807) is 12.1 Å². The number of rotatable bonds is 6. The summed E-state index contributed by atoms with van der Waals surface area (Å²) in [6.45, 7) is 0.243. The van der Waals surface area contributed by atoms with E-state index in [1.807, 2.05) is 30.3 Å². The Morgan fingerprint density at radius 1 is 0.962 bits per heavy atom. The first-order valence-corrected chi connectivity index (χ1v) is 8.61. The number of benzene rings is 3. The fourth-order valence-corrected chi connectivity index (χ4v) is 3.21. The second-order valence-corrected chi connectivity index (χ2v) is 6.15. The molecule has 0 saturated carbocycles. The van der Waals surface area contributed by atoms with Crippen LogP contribution in [0.1, 0.15) is 35.6 Å². The van der Waals surface area contributed by atoms with Gasteiger partial charge in [0.05, 0.1) is 6.85 Å². The standard InChI is InChI=1S/C23H21NO2/c25-15-6-5-14-24-16-21(19-11-3-4-13-22(19)24)23(26)20-12-7-9-17-8-1-2-10-18(17)20/h1-4,7-13,16,25H,5-6,14-15H2/i3D,4D,11D,13D,16D. The SMILES string of the molecule is [2H]c1c([2H])c([2H])c2c(c1[2H])c(C(=O)c1cccc3ccccc13)c([2H])n2CCCCO. The Hall–Kier alpha value is -2.91. The smallest absolute Gasteiger partial charge is 0.195 e. The molecule has 0 unspecified atom stereocenters. The van der Waals surface area contributed by atoms with E-state index in [1.165, 1.54) is 4.57 Å². The molecule has 0 saturated heterocycles. The summed E-state index contributed by atoms with van der Waals surface area (Å²) in [5.74, 6) is -0.447. The Labute approximate surface area is 159 Å². The first kappa shape index (κ1) is 11.7. The maximum atomic E-state index is 13.7. The van der Waals surface area contributed by atoms with Crippen LogP contribution in [0.3, 0.4) is 0 Å². The molecule has 1 aromatic heterocycles. The van der Waals surface area contributed by atoms with Crippen LogP contribution in [-0.2, 0) is 6.54 Å². The van der Waals surface area contributed by atoms with Crippen molar-refractivity contribution in [2.75, 3.05) is 6.61 Å². The maximum Gasteiger partial charge on any atom is 0.195 e. The van der Waals surface area contributed by atoms with Crippen LogP contribution >= 0.6 is 0 Å².